The second-order valence-corrected chi connectivity index (χ2v) is 5.32. The van der Waals surface area contributed by atoms with Gasteiger partial charge < -0.3 is 5.73 Å². The molecule has 1 fully saturated rings. The van der Waals surface area contributed by atoms with E-state index in [0.29, 0.717) is 23.4 Å². The fourth-order valence-electron chi connectivity index (χ4n) is 2.08. The van der Waals surface area contributed by atoms with Crippen molar-refractivity contribution in [2.45, 2.75) is 18.8 Å². The number of nitrogens with two attached hydrogens (primary N) is 1. The summed E-state index contributed by atoms with van der Waals surface area (Å²) in [6, 6.07) is 7.50. The molecule has 0 aliphatic heterocycles. The van der Waals surface area contributed by atoms with Gasteiger partial charge in [0.1, 0.15) is 0 Å². The summed E-state index contributed by atoms with van der Waals surface area (Å²) in [6.07, 6.45) is 1.91. The van der Waals surface area contributed by atoms with Crippen LogP contribution in [0.5, 0.6) is 0 Å². The molecule has 0 heterocycles. The standard InChI is InChI=1S/C12H15BrN2O2/c13-10-3-1-8(2-4-10)11-7-9(11)5-6-15(17)12(14)16/h1-4,9,11,17H,5-7H2,(H2,14,16). The van der Waals surface area contributed by atoms with Crippen molar-refractivity contribution in [3.05, 3.63) is 34.3 Å². The number of carbonyl (C=O) groups excluding carboxylic acids is 1. The minimum absolute atomic E-state index is 0.313. The quantitative estimate of drug-likeness (QED) is 0.663. The van der Waals surface area contributed by atoms with Gasteiger partial charge in [-0.05, 0) is 42.4 Å². The van der Waals surface area contributed by atoms with Gasteiger partial charge in [0.2, 0.25) is 0 Å². The van der Waals surface area contributed by atoms with E-state index in [0.717, 1.165) is 17.3 Å². The van der Waals surface area contributed by atoms with Gasteiger partial charge in [-0.1, -0.05) is 28.1 Å². The highest BCUT2D eigenvalue weighted by atomic mass is 79.9. The van der Waals surface area contributed by atoms with Gasteiger partial charge in [-0.3, -0.25) is 5.21 Å². The second kappa shape index (κ2) is 5.06. The minimum Gasteiger partial charge on any atom is -0.350 e. The predicted molar refractivity (Wildman–Crippen MR) is 67.7 cm³/mol. The number of halogens is 1. The first-order chi connectivity index (χ1) is 8.08. The third-order valence-electron chi connectivity index (χ3n) is 3.19. The number of amides is 2. The molecule has 0 aromatic heterocycles. The first-order valence-corrected chi connectivity index (χ1v) is 6.38. The molecule has 1 aliphatic rings. The Balaban J connectivity index is 1.81. The number of primary amides is 1. The number of urea groups is 1. The Kier molecular flexibility index (Phi) is 3.69. The molecule has 1 aromatic carbocycles. The Morgan fingerprint density at radius 2 is 2.12 bits per heavy atom. The van der Waals surface area contributed by atoms with E-state index in [1.54, 1.807) is 0 Å². The highest BCUT2D eigenvalue weighted by Crippen LogP contribution is 2.49. The fourth-order valence-corrected chi connectivity index (χ4v) is 2.35. The molecule has 4 nitrogen and oxygen atoms in total. The van der Waals surface area contributed by atoms with Crippen molar-refractivity contribution in [2.24, 2.45) is 11.7 Å². The summed E-state index contributed by atoms with van der Waals surface area (Å²) in [5.74, 6) is 1.11. The molecular weight excluding hydrogens is 284 g/mol. The van der Waals surface area contributed by atoms with Crippen molar-refractivity contribution in [3.8, 4) is 0 Å². The molecule has 2 rings (SSSR count). The topological polar surface area (TPSA) is 66.6 Å². The molecule has 1 aliphatic carbocycles. The lowest BCUT2D eigenvalue weighted by molar-refractivity contribution is -0.0410. The summed E-state index contributed by atoms with van der Waals surface area (Å²) in [5.41, 5.74) is 6.26. The Bertz CT molecular complexity index is 407. The predicted octanol–water partition coefficient (Wildman–Crippen LogP) is 2.71. The first-order valence-electron chi connectivity index (χ1n) is 5.59. The molecule has 0 radical (unpaired) electrons. The first kappa shape index (κ1) is 12.4. The molecule has 2 unspecified atom stereocenters. The molecule has 1 saturated carbocycles. The highest BCUT2D eigenvalue weighted by Gasteiger charge is 2.37. The minimum atomic E-state index is -0.786. The smallest absolute Gasteiger partial charge is 0.338 e. The van der Waals surface area contributed by atoms with Crippen LogP contribution in [0.3, 0.4) is 0 Å². The van der Waals surface area contributed by atoms with Gasteiger partial charge in [0, 0.05) is 4.47 Å². The van der Waals surface area contributed by atoms with E-state index in [9.17, 15) is 4.79 Å². The molecule has 0 saturated heterocycles. The van der Waals surface area contributed by atoms with Gasteiger partial charge in [-0.2, -0.15) is 0 Å². The zero-order valence-electron chi connectivity index (χ0n) is 9.34. The largest absolute Gasteiger partial charge is 0.350 e. The van der Waals surface area contributed by atoms with Crippen molar-refractivity contribution >= 4 is 22.0 Å². The summed E-state index contributed by atoms with van der Waals surface area (Å²) < 4.78 is 1.08. The maximum atomic E-state index is 10.6. The van der Waals surface area contributed by atoms with Gasteiger partial charge in [-0.15, -0.1) is 0 Å². The lowest BCUT2D eigenvalue weighted by Gasteiger charge is -2.11. The highest BCUT2D eigenvalue weighted by molar-refractivity contribution is 9.10. The normalized spacial score (nSPS) is 22.2. The molecular formula is C12H15BrN2O2. The van der Waals surface area contributed by atoms with Gasteiger partial charge in [-0.25, -0.2) is 9.86 Å². The molecule has 92 valence electrons. The van der Waals surface area contributed by atoms with Crippen LogP contribution in [0.1, 0.15) is 24.3 Å². The number of benzene rings is 1. The van der Waals surface area contributed by atoms with Crippen molar-refractivity contribution in [2.75, 3.05) is 6.54 Å². The van der Waals surface area contributed by atoms with Crippen LogP contribution in [0.15, 0.2) is 28.7 Å². The molecule has 17 heavy (non-hydrogen) atoms. The summed E-state index contributed by atoms with van der Waals surface area (Å²) in [7, 11) is 0. The van der Waals surface area contributed by atoms with Crippen LogP contribution >= 0.6 is 15.9 Å². The van der Waals surface area contributed by atoms with E-state index in [-0.39, 0.29) is 0 Å². The average molecular weight is 299 g/mol. The summed E-state index contributed by atoms with van der Waals surface area (Å²) in [5, 5.41) is 9.73. The summed E-state index contributed by atoms with van der Waals surface area (Å²) in [6.45, 7) is 0.313. The molecule has 5 heteroatoms. The number of hydroxylamine groups is 2. The molecule has 2 atom stereocenters. The van der Waals surface area contributed by atoms with Crippen LogP contribution in [0.25, 0.3) is 0 Å². The van der Waals surface area contributed by atoms with E-state index in [1.807, 2.05) is 12.1 Å². The second-order valence-electron chi connectivity index (χ2n) is 4.40. The molecule has 0 bridgehead atoms. The maximum Gasteiger partial charge on any atom is 0.338 e. The molecule has 2 amide bonds. The van der Waals surface area contributed by atoms with Crippen LogP contribution in [0.2, 0.25) is 0 Å². The summed E-state index contributed by atoms with van der Waals surface area (Å²) >= 11 is 3.40. The third-order valence-corrected chi connectivity index (χ3v) is 3.72. The lowest BCUT2D eigenvalue weighted by Crippen LogP contribution is -2.33. The zero-order valence-corrected chi connectivity index (χ0v) is 10.9. The van der Waals surface area contributed by atoms with Crippen LogP contribution in [0.4, 0.5) is 4.79 Å². The van der Waals surface area contributed by atoms with Gasteiger partial charge in [0.05, 0.1) is 6.54 Å². The van der Waals surface area contributed by atoms with Crippen LogP contribution in [-0.2, 0) is 0 Å². The van der Waals surface area contributed by atoms with Crippen molar-refractivity contribution < 1.29 is 10.0 Å². The van der Waals surface area contributed by atoms with Gasteiger partial charge >= 0.3 is 6.03 Å². The van der Waals surface area contributed by atoms with Crippen LogP contribution in [-0.4, -0.2) is 22.8 Å². The Hall–Kier alpha value is -1.07. The number of carbonyl (C=O) groups is 1. The average Bonchev–Trinajstić information content (AvgIpc) is 3.06. The lowest BCUT2D eigenvalue weighted by atomic mass is 10.1. The van der Waals surface area contributed by atoms with Gasteiger partial charge in [0.15, 0.2) is 0 Å². The zero-order chi connectivity index (χ0) is 12.4. The Morgan fingerprint density at radius 3 is 2.71 bits per heavy atom. The monoisotopic (exact) mass is 298 g/mol. The SMILES string of the molecule is NC(=O)N(O)CCC1CC1c1ccc(Br)cc1. The summed E-state index contributed by atoms with van der Waals surface area (Å²) in [4.78, 5) is 10.6. The number of nitrogens with zero attached hydrogens (tertiary/aromatic N) is 1. The fraction of sp³-hybridized carbons (Fsp3) is 0.417. The number of rotatable bonds is 4. The van der Waals surface area contributed by atoms with E-state index in [4.69, 9.17) is 10.9 Å². The Labute approximate surface area is 108 Å². The Morgan fingerprint density at radius 1 is 1.47 bits per heavy atom. The van der Waals surface area contributed by atoms with Crippen LogP contribution in [0, 0.1) is 5.92 Å². The van der Waals surface area contributed by atoms with Crippen molar-refractivity contribution in [1.82, 2.24) is 5.06 Å². The van der Waals surface area contributed by atoms with E-state index in [1.165, 1.54) is 5.56 Å². The van der Waals surface area contributed by atoms with Crippen LogP contribution < -0.4 is 5.73 Å². The van der Waals surface area contributed by atoms with Crippen molar-refractivity contribution in [3.63, 3.8) is 0 Å². The van der Waals surface area contributed by atoms with Gasteiger partial charge in [0.25, 0.3) is 0 Å². The molecule has 0 spiro atoms. The third kappa shape index (κ3) is 3.20. The van der Waals surface area contributed by atoms with E-state index >= 15 is 0 Å². The van der Waals surface area contributed by atoms with Crippen molar-refractivity contribution in [1.29, 1.82) is 0 Å². The van der Waals surface area contributed by atoms with E-state index in [2.05, 4.69) is 28.1 Å². The molecule has 3 N–H and O–H groups in total. The van der Waals surface area contributed by atoms with E-state index < -0.39 is 6.03 Å². The number of hydrogen-bond donors (Lipinski definition) is 2. The number of hydrogen-bond acceptors (Lipinski definition) is 2. The maximum absolute atomic E-state index is 10.6. The molecule has 1 aromatic rings.